The van der Waals surface area contributed by atoms with Crippen molar-refractivity contribution in [1.29, 1.82) is 0 Å². The Bertz CT molecular complexity index is 605. The van der Waals surface area contributed by atoms with Crippen LogP contribution in [0.5, 0.6) is 0 Å². The molecule has 1 aromatic carbocycles. The number of hydrogen-bond acceptors (Lipinski definition) is 2. The Morgan fingerprint density at radius 3 is 2.55 bits per heavy atom. The Labute approximate surface area is 122 Å². The second-order valence-electron chi connectivity index (χ2n) is 4.60. The van der Waals surface area contributed by atoms with Crippen LogP contribution in [-0.4, -0.2) is 15.8 Å². The van der Waals surface area contributed by atoms with E-state index < -0.39 is 11.9 Å². The van der Waals surface area contributed by atoms with Gasteiger partial charge in [0.05, 0.1) is 5.69 Å². The largest absolute Gasteiger partial charge is 0.435 e. The number of alkyl halides is 3. The third-order valence-corrected chi connectivity index (χ3v) is 3.46. The molecule has 2 aromatic rings. The van der Waals surface area contributed by atoms with Crippen LogP contribution in [0, 0.1) is 0 Å². The zero-order chi connectivity index (χ0) is 14.9. The first kappa shape index (κ1) is 15.1. The molecular formula is C13H13BrF3N3. The molecule has 2 rings (SSSR count). The Kier molecular flexibility index (Phi) is 4.19. The molecule has 0 amide bonds. The van der Waals surface area contributed by atoms with Gasteiger partial charge in [0, 0.05) is 16.7 Å². The number of halogens is 4. The Morgan fingerprint density at radius 1 is 1.35 bits per heavy atom. The standard InChI is InChI=1S/C13H13BrF3N3/c1-8(18)6-9-2-3-10(7-11(9)14)20-5-4-12(19-20)13(15,16)17/h2-5,7-8H,6,18H2,1H3. The highest BCUT2D eigenvalue weighted by molar-refractivity contribution is 9.10. The predicted octanol–water partition coefficient (Wildman–Crippen LogP) is 3.54. The first-order valence-corrected chi connectivity index (χ1v) is 6.74. The lowest BCUT2D eigenvalue weighted by Gasteiger charge is -2.10. The lowest BCUT2D eigenvalue weighted by atomic mass is 10.1. The van der Waals surface area contributed by atoms with Gasteiger partial charge < -0.3 is 5.73 Å². The van der Waals surface area contributed by atoms with E-state index >= 15 is 0 Å². The van der Waals surface area contributed by atoms with Gasteiger partial charge in [0.25, 0.3) is 0 Å². The SMILES string of the molecule is CC(N)Cc1ccc(-n2ccc(C(F)(F)F)n2)cc1Br. The number of nitrogens with two attached hydrogens (primary N) is 1. The van der Waals surface area contributed by atoms with E-state index in [0.29, 0.717) is 12.1 Å². The van der Waals surface area contributed by atoms with Crippen LogP contribution in [0.25, 0.3) is 5.69 Å². The van der Waals surface area contributed by atoms with Crippen molar-refractivity contribution in [1.82, 2.24) is 9.78 Å². The maximum Gasteiger partial charge on any atom is 0.435 e. The van der Waals surface area contributed by atoms with Crippen LogP contribution >= 0.6 is 15.9 Å². The number of hydrogen-bond donors (Lipinski definition) is 1. The van der Waals surface area contributed by atoms with Crippen LogP contribution in [0.4, 0.5) is 13.2 Å². The minimum absolute atomic E-state index is 0.0127. The van der Waals surface area contributed by atoms with E-state index in [9.17, 15) is 13.2 Å². The molecule has 0 aliphatic heterocycles. The molecule has 0 aliphatic carbocycles. The van der Waals surface area contributed by atoms with Crippen LogP contribution in [0.1, 0.15) is 18.2 Å². The molecule has 0 saturated carbocycles. The van der Waals surface area contributed by atoms with Crippen LogP contribution in [0.15, 0.2) is 34.9 Å². The molecule has 1 heterocycles. The second kappa shape index (κ2) is 5.57. The van der Waals surface area contributed by atoms with E-state index in [4.69, 9.17) is 5.73 Å². The molecule has 0 saturated heterocycles. The second-order valence-corrected chi connectivity index (χ2v) is 5.45. The van der Waals surface area contributed by atoms with Gasteiger partial charge in [-0.15, -0.1) is 0 Å². The predicted molar refractivity (Wildman–Crippen MR) is 73.6 cm³/mol. The molecule has 7 heteroatoms. The minimum atomic E-state index is -4.43. The summed E-state index contributed by atoms with van der Waals surface area (Å²) in [4.78, 5) is 0. The van der Waals surface area contributed by atoms with Gasteiger partial charge in [0.1, 0.15) is 0 Å². The zero-order valence-corrected chi connectivity index (χ0v) is 12.2. The van der Waals surface area contributed by atoms with E-state index in [1.807, 2.05) is 13.0 Å². The molecular weight excluding hydrogens is 335 g/mol. The molecule has 0 radical (unpaired) electrons. The van der Waals surface area contributed by atoms with Crippen LogP contribution in [-0.2, 0) is 12.6 Å². The number of benzene rings is 1. The minimum Gasteiger partial charge on any atom is -0.328 e. The Balaban J connectivity index is 2.30. The molecule has 20 heavy (non-hydrogen) atoms. The number of nitrogens with zero attached hydrogens (tertiary/aromatic N) is 2. The van der Waals surface area contributed by atoms with E-state index in [-0.39, 0.29) is 6.04 Å². The lowest BCUT2D eigenvalue weighted by Crippen LogP contribution is -2.18. The first-order chi connectivity index (χ1) is 9.27. The zero-order valence-electron chi connectivity index (χ0n) is 10.7. The van der Waals surface area contributed by atoms with Gasteiger partial charge in [-0.2, -0.15) is 18.3 Å². The number of rotatable bonds is 3. The highest BCUT2D eigenvalue weighted by atomic mass is 79.9. The normalized spacial score (nSPS) is 13.5. The summed E-state index contributed by atoms with van der Waals surface area (Å²) in [6.07, 6.45) is -2.46. The fourth-order valence-corrected chi connectivity index (χ4v) is 2.34. The van der Waals surface area contributed by atoms with Gasteiger partial charge in [-0.3, -0.25) is 0 Å². The highest BCUT2D eigenvalue weighted by Gasteiger charge is 2.33. The summed E-state index contributed by atoms with van der Waals surface area (Å²) in [6.45, 7) is 1.89. The fourth-order valence-electron chi connectivity index (χ4n) is 1.81. The molecule has 3 nitrogen and oxygen atoms in total. The maximum atomic E-state index is 12.5. The summed E-state index contributed by atoms with van der Waals surface area (Å²) in [5.74, 6) is 0. The monoisotopic (exact) mass is 347 g/mol. The summed E-state index contributed by atoms with van der Waals surface area (Å²) in [7, 11) is 0. The fraction of sp³-hybridized carbons (Fsp3) is 0.308. The molecule has 1 aromatic heterocycles. The van der Waals surface area contributed by atoms with E-state index in [1.54, 1.807) is 12.1 Å². The summed E-state index contributed by atoms with van der Waals surface area (Å²) in [5.41, 5.74) is 6.38. The van der Waals surface area contributed by atoms with E-state index in [0.717, 1.165) is 16.1 Å². The van der Waals surface area contributed by atoms with Gasteiger partial charge in [0.15, 0.2) is 5.69 Å². The first-order valence-electron chi connectivity index (χ1n) is 5.94. The Hall–Kier alpha value is -1.34. The summed E-state index contributed by atoms with van der Waals surface area (Å²) < 4.78 is 39.5. The summed E-state index contributed by atoms with van der Waals surface area (Å²) >= 11 is 3.40. The average Bonchev–Trinajstić information content (AvgIpc) is 2.80. The van der Waals surface area contributed by atoms with Crippen molar-refractivity contribution >= 4 is 15.9 Å². The van der Waals surface area contributed by atoms with Crippen molar-refractivity contribution in [2.45, 2.75) is 25.6 Å². The summed E-state index contributed by atoms with van der Waals surface area (Å²) in [5, 5.41) is 3.53. The van der Waals surface area contributed by atoms with Crippen LogP contribution in [0.3, 0.4) is 0 Å². The highest BCUT2D eigenvalue weighted by Crippen LogP contribution is 2.28. The molecule has 108 valence electrons. The van der Waals surface area contributed by atoms with Crippen molar-refractivity contribution in [3.05, 3.63) is 46.2 Å². The molecule has 1 atom stereocenters. The molecule has 2 N–H and O–H groups in total. The van der Waals surface area contributed by atoms with Gasteiger partial charge in [-0.25, -0.2) is 4.68 Å². The molecule has 0 aliphatic rings. The topological polar surface area (TPSA) is 43.8 Å². The maximum absolute atomic E-state index is 12.5. The molecule has 0 bridgehead atoms. The van der Waals surface area contributed by atoms with Crippen LogP contribution < -0.4 is 5.73 Å². The van der Waals surface area contributed by atoms with Crippen molar-refractivity contribution in [2.24, 2.45) is 5.73 Å². The van der Waals surface area contributed by atoms with Crippen molar-refractivity contribution < 1.29 is 13.2 Å². The number of aromatic nitrogens is 2. The van der Waals surface area contributed by atoms with Gasteiger partial charge in [0.2, 0.25) is 0 Å². The third-order valence-electron chi connectivity index (χ3n) is 2.72. The third kappa shape index (κ3) is 3.40. The molecule has 1 unspecified atom stereocenters. The van der Waals surface area contributed by atoms with E-state index in [2.05, 4.69) is 21.0 Å². The molecule has 0 fully saturated rings. The van der Waals surface area contributed by atoms with Crippen molar-refractivity contribution in [3.63, 3.8) is 0 Å². The van der Waals surface area contributed by atoms with Crippen molar-refractivity contribution in [3.8, 4) is 5.69 Å². The smallest absolute Gasteiger partial charge is 0.328 e. The quantitative estimate of drug-likeness (QED) is 0.922. The summed E-state index contributed by atoms with van der Waals surface area (Å²) in [6, 6.07) is 6.24. The van der Waals surface area contributed by atoms with Gasteiger partial charge in [-0.1, -0.05) is 22.0 Å². The lowest BCUT2D eigenvalue weighted by molar-refractivity contribution is -0.141. The van der Waals surface area contributed by atoms with Crippen molar-refractivity contribution in [2.75, 3.05) is 0 Å². The van der Waals surface area contributed by atoms with Gasteiger partial charge in [-0.05, 0) is 37.1 Å². The van der Waals surface area contributed by atoms with Gasteiger partial charge >= 0.3 is 6.18 Å². The van der Waals surface area contributed by atoms with E-state index in [1.165, 1.54) is 10.9 Å². The molecule has 0 spiro atoms. The Morgan fingerprint density at radius 2 is 2.05 bits per heavy atom. The average molecular weight is 348 g/mol. The van der Waals surface area contributed by atoms with Crippen LogP contribution in [0.2, 0.25) is 0 Å².